The number of fused-ring (bicyclic) bond motifs is 1. The molecular weight excluding hydrogens is 717 g/mol. The van der Waals surface area contributed by atoms with E-state index < -0.39 is 24.3 Å². The van der Waals surface area contributed by atoms with Crippen LogP contribution in [0.25, 0.3) is 44.7 Å². The molecule has 292 valence electrons. The first-order chi connectivity index (χ1) is 27.2. The Hall–Kier alpha value is -6.32. The number of likely N-dealkylation sites (tertiary alicyclic amines) is 2. The highest BCUT2D eigenvalue weighted by molar-refractivity contribution is 5.87. The molecule has 16 heteroatoms. The molecule has 7 rings (SSSR count). The van der Waals surface area contributed by atoms with Crippen molar-refractivity contribution in [2.75, 3.05) is 27.3 Å². The number of methoxy groups -OCH3 is 2. The van der Waals surface area contributed by atoms with Gasteiger partial charge in [-0.3, -0.25) is 19.6 Å². The molecule has 4 N–H and O–H groups in total. The van der Waals surface area contributed by atoms with Gasteiger partial charge in [0.25, 0.3) is 0 Å². The molecule has 4 amide bonds. The second-order valence-corrected chi connectivity index (χ2v) is 14.0. The lowest BCUT2D eigenvalue weighted by Gasteiger charge is -2.27. The van der Waals surface area contributed by atoms with Crippen LogP contribution in [0.5, 0.6) is 0 Å². The molecule has 2 aliphatic rings. The van der Waals surface area contributed by atoms with Crippen LogP contribution in [0.4, 0.5) is 9.59 Å². The average molecular weight is 763 g/mol. The van der Waals surface area contributed by atoms with E-state index in [4.69, 9.17) is 24.4 Å². The first-order valence-electron chi connectivity index (χ1n) is 19.0. The number of rotatable bonds is 11. The van der Waals surface area contributed by atoms with Crippen molar-refractivity contribution in [2.24, 2.45) is 0 Å². The summed E-state index contributed by atoms with van der Waals surface area (Å²) in [6.07, 6.45) is 10.1. The van der Waals surface area contributed by atoms with Crippen molar-refractivity contribution in [1.29, 1.82) is 0 Å². The Bertz CT molecular complexity index is 2220. The molecule has 0 radical (unpaired) electrons. The number of hydrogen-bond donors (Lipinski definition) is 4. The maximum absolute atomic E-state index is 13.3. The SMILES string of the molecule is CC[C@H](NC(=O)OC)C(=O)N1CCC[C@H]1c1nc(-c2ccc(-c3cnc4cc(-c5cnc([C@@H]6CCCN6C(=O)[C@H](CC)NC(=O)OC)[nH]5)cnc4c3)cc2)c[nH]1. The molecule has 2 saturated heterocycles. The number of amides is 4. The van der Waals surface area contributed by atoms with Crippen LogP contribution in [0.2, 0.25) is 0 Å². The number of imidazole rings is 2. The summed E-state index contributed by atoms with van der Waals surface area (Å²) < 4.78 is 9.41. The number of carbonyl (C=O) groups excluding carboxylic acids is 4. The van der Waals surface area contributed by atoms with Crippen molar-refractivity contribution in [3.63, 3.8) is 0 Å². The first-order valence-corrected chi connectivity index (χ1v) is 19.0. The summed E-state index contributed by atoms with van der Waals surface area (Å²) in [5.74, 6) is 1.09. The zero-order valence-corrected chi connectivity index (χ0v) is 31.9. The Kier molecular flexibility index (Phi) is 11.2. The van der Waals surface area contributed by atoms with Gasteiger partial charge in [0.2, 0.25) is 11.8 Å². The number of aromatic amines is 2. The summed E-state index contributed by atoms with van der Waals surface area (Å²) >= 11 is 0. The summed E-state index contributed by atoms with van der Waals surface area (Å²) in [5.41, 5.74) is 6.64. The number of H-pyrrole nitrogens is 2. The summed E-state index contributed by atoms with van der Waals surface area (Å²) in [4.78, 5) is 79.5. The predicted molar refractivity (Wildman–Crippen MR) is 207 cm³/mol. The molecular formula is C40H46N10O6. The Morgan fingerprint density at radius 2 is 1.27 bits per heavy atom. The van der Waals surface area contributed by atoms with Crippen molar-refractivity contribution in [3.8, 4) is 33.6 Å². The second-order valence-electron chi connectivity index (χ2n) is 14.0. The van der Waals surface area contributed by atoms with Crippen LogP contribution < -0.4 is 10.6 Å². The first kappa shape index (κ1) is 38.0. The Labute approximate surface area is 323 Å². The van der Waals surface area contributed by atoms with Crippen molar-refractivity contribution in [3.05, 3.63) is 72.8 Å². The number of nitrogens with zero attached hydrogens (tertiary/aromatic N) is 6. The van der Waals surface area contributed by atoms with E-state index in [0.717, 1.165) is 70.4 Å². The number of benzene rings is 1. The lowest BCUT2D eigenvalue weighted by molar-refractivity contribution is -0.135. The van der Waals surface area contributed by atoms with Gasteiger partial charge in [0.15, 0.2) is 0 Å². The molecule has 1 aromatic carbocycles. The van der Waals surface area contributed by atoms with Crippen molar-refractivity contribution < 1.29 is 28.7 Å². The van der Waals surface area contributed by atoms with Crippen molar-refractivity contribution in [2.45, 2.75) is 76.5 Å². The maximum atomic E-state index is 13.3. The largest absolute Gasteiger partial charge is 0.453 e. The molecule has 0 unspecified atom stereocenters. The summed E-state index contributed by atoms with van der Waals surface area (Å²) in [6, 6.07) is 10.3. The fraction of sp³-hybridized carbons (Fsp3) is 0.400. The third kappa shape index (κ3) is 7.76. The van der Waals surface area contributed by atoms with Crippen molar-refractivity contribution >= 4 is 35.0 Å². The van der Waals surface area contributed by atoms with Crippen LogP contribution in [-0.4, -0.2) is 103 Å². The van der Waals surface area contributed by atoms with Gasteiger partial charge in [-0.15, -0.1) is 0 Å². The molecule has 2 aliphatic heterocycles. The summed E-state index contributed by atoms with van der Waals surface area (Å²) in [5, 5.41) is 5.28. The molecule has 4 atom stereocenters. The Morgan fingerprint density at radius 3 is 1.84 bits per heavy atom. The molecule has 56 heavy (non-hydrogen) atoms. The fourth-order valence-electron chi connectivity index (χ4n) is 7.56. The van der Waals surface area contributed by atoms with E-state index in [1.165, 1.54) is 14.2 Å². The van der Waals surface area contributed by atoms with Gasteiger partial charge in [-0.2, -0.15) is 0 Å². The number of ether oxygens (including phenoxy) is 2. The van der Waals surface area contributed by atoms with E-state index >= 15 is 0 Å². The van der Waals surface area contributed by atoms with Gasteiger partial charge in [0.05, 0.1) is 54.9 Å². The normalized spacial score (nSPS) is 17.8. The van der Waals surface area contributed by atoms with Crippen LogP contribution in [0.1, 0.15) is 76.1 Å². The molecule has 6 heterocycles. The third-order valence-corrected chi connectivity index (χ3v) is 10.6. The minimum Gasteiger partial charge on any atom is -0.453 e. The van der Waals surface area contributed by atoms with E-state index in [1.807, 2.05) is 62.6 Å². The van der Waals surface area contributed by atoms with E-state index in [9.17, 15) is 19.2 Å². The van der Waals surface area contributed by atoms with Crippen LogP contribution in [-0.2, 0) is 19.1 Å². The van der Waals surface area contributed by atoms with Gasteiger partial charge < -0.3 is 39.9 Å². The Morgan fingerprint density at radius 1 is 0.732 bits per heavy atom. The number of nitrogens with one attached hydrogen (secondary N) is 4. The molecule has 5 aromatic rings. The Balaban J connectivity index is 1.02. The molecule has 16 nitrogen and oxygen atoms in total. The van der Waals surface area contributed by atoms with Gasteiger partial charge in [-0.25, -0.2) is 19.6 Å². The number of alkyl carbamates (subject to hydrolysis) is 2. The zero-order valence-electron chi connectivity index (χ0n) is 31.9. The highest BCUT2D eigenvalue weighted by Crippen LogP contribution is 2.35. The van der Waals surface area contributed by atoms with Crippen molar-refractivity contribution in [1.82, 2.24) is 50.3 Å². The molecule has 0 bridgehead atoms. The van der Waals surface area contributed by atoms with E-state index in [-0.39, 0.29) is 23.9 Å². The molecule has 0 spiro atoms. The van der Waals surface area contributed by atoms with E-state index in [1.54, 1.807) is 22.2 Å². The number of pyridine rings is 2. The number of hydrogen-bond acceptors (Lipinski definition) is 10. The summed E-state index contributed by atoms with van der Waals surface area (Å²) in [6.45, 7) is 4.88. The third-order valence-electron chi connectivity index (χ3n) is 10.6. The predicted octanol–water partition coefficient (Wildman–Crippen LogP) is 5.67. The number of aromatic nitrogens is 6. The fourth-order valence-corrected chi connectivity index (χ4v) is 7.56. The number of carbonyl (C=O) groups is 4. The van der Waals surface area contributed by atoms with Gasteiger partial charge in [-0.1, -0.05) is 38.1 Å². The van der Waals surface area contributed by atoms with Crippen LogP contribution in [0, 0.1) is 0 Å². The zero-order chi connectivity index (χ0) is 39.3. The minimum atomic E-state index is -0.673. The van der Waals surface area contributed by atoms with Gasteiger partial charge in [0.1, 0.15) is 23.7 Å². The average Bonchev–Trinajstić information content (AvgIpc) is 4.08. The smallest absolute Gasteiger partial charge is 0.407 e. The highest BCUT2D eigenvalue weighted by Gasteiger charge is 2.37. The summed E-state index contributed by atoms with van der Waals surface area (Å²) in [7, 11) is 2.56. The maximum Gasteiger partial charge on any atom is 0.407 e. The highest BCUT2D eigenvalue weighted by atomic mass is 16.5. The quantitative estimate of drug-likeness (QED) is 0.130. The molecule has 4 aromatic heterocycles. The minimum absolute atomic E-state index is 0.146. The topological polar surface area (TPSA) is 200 Å². The monoisotopic (exact) mass is 762 g/mol. The standard InChI is InChI=1S/C40H46N10O6/c1-5-27(47-39(53)55-3)37(51)49-15-7-9-33(49)35-43-21-31(45-35)24-13-11-23(12-14-24)25-17-29-30(41-19-25)18-26(20-42-29)32-22-44-36(46-32)34-10-8-16-50(34)38(52)28(6-2)48-40(54)56-4/h11-14,17-22,27-28,33-34H,5-10,15-16H2,1-4H3,(H,43,45)(H,44,46)(H,47,53)(H,48,54)/t27-,28-,33-,34-/m0/s1. The van der Waals surface area contributed by atoms with E-state index in [0.29, 0.717) is 37.6 Å². The lowest BCUT2D eigenvalue weighted by atomic mass is 10.0. The van der Waals surface area contributed by atoms with Crippen LogP contribution in [0.15, 0.2) is 61.2 Å². The van der Waals surface area contributed by atoms with Gasteiger partial charge >= 0.3 is 12.2 Å². The van der Waals surface area contributed by atoms with Crippen LogP contribution in [0.3, 0.4) is 0 Å². The lowest BCUT2D eigenvalue weighted by Crippen LogP contribution is -2.48. The second kappa shape index (κ2) is 16.6. The molecule has 0 aliphatic carbocycles. The van der Waals surface area contributed by atoms with Crippen LogP contribution >= 0.6 is 0 Å². The van der Waals surface area contributed by atoms with Gasteiger partial charge in [0, 0.05) is 48.4 Å². The van der Waals surface area contributed by atoms with Gasteiger partial charge in [-0.05, 0) is 56.2 Å². The van der Waals surface area contributed by atoms with E-state index in [2.05, 4.69) is 25.6 Å². The molecule has 0 saturated carbocycles. The molecule has 2 fully saturated rings.